The molecule has 3 aromatic carbocycles. The molecule has 34 heavy (non-hydrogen) atoms. The minimum atomic E-state index is -0.467. The van der Waals surface area contributed by atoms with E-state index in [1.54, 1.807) is 12.1 Å². The lowest BCUT2D eigenvalue weighted by Gasteiger charge is -2.17. The van der Waals surface area contributed by atoms with Gasteiger partial charge in [0.2, 0.25) is 5.91 Å². The maximum Gasteiger partial charge on any atom is 0.234 e. The number of ether oxygens (including phenoxy) is 1. The quantitative estimate of drug-likeness (QED) is 0.243. The zero-order valence-electron chi connectivity index (χ0n) is 17.9. The molecule has 0 bridgehead atoms. The van der Waals surface area contributed by atoms with Crippen LogP contribution in [0.1, 0.15) is 18.9 Å². The first-order valence-corrected chi connectivity index (χ1v) is 12.4. The molecule has 1 heterocycles. The van der Waals surface area contributed by atoms with Crippen LogP contribution in [0.2, 0.25) is 5.02 Å². The van der Waals surface area contributed by atoms with Gasteiger partial charge in [0.05, 0.1) is 16.5 Å². The Balaban J connectivity index is 1.55. The fourth-order valence-electron chi connectivity index (χ4n) is 3.15. The number of thioether (sulfide) groups is 1. The molecule has 1 amide bonds. The lowest BCUT2D eigenvalue weighted by atomic mass is 10.3. The molecule has 0 saturated heterocycles. The van der Waals surface area contributed by atoms with Gasteiger partial charge in [0, 0.05) is 10.2 Å². The van der Waals surface area contributed by atoms with Crippen LogP contribution in [-0.2, 0) is 4.79 Å². The summed E-state index contributed by atoms with van der Waals surface area (Å²) in [6.45, 7) is 1.86. The topological polar surface area (TPSA) is 69.0 Å². The number of carbonyl (C=O) groups is 1. The molecule has 6 nitrogen and oxygen atoms in total. The Morgan fingerprint density at radius 1 is 1.15 bits per heavy atom. The lowest BCUT2D eigenvalue weighted by molar-refractivity contribution is -0.113. The summed E-state index contributed by atoms with van der Waals surface area (Å²) in [6, 6.07) is 20.9. The molecule has 0 aliphatic rings. The molecule has 10 heteroatoms. The average Bonchev–Trinajstić information content (AvgIpc) is 3.26. The van der Waals surface area contributed by atoms with E-state index in [0.717, 1.165) is 5.69 Å². The number of para-hydroxylation sites is 2. The Morgan fingerprint density at radius 2 is 1.88 bits per heavy atom. The second-order valence-electron chi connectivity index (χ2n) is 7.16. The fourth-order valence-corrected chi connectivity index (χ4v) is 4.54. The second-order valence-corrected chi connectivity index (χ2v) is 9.37. The summed E-state index contributed by atoms with van der Waals surface area (Å²) in [5.41, 5.74) is 1.32. The number of aromatic nitrogens is 3. The van der Waals surface area contributed by atoms with Crippen LogP contribution in [0.4, 0.5) is 10.1 Å². The van der Waals surface area contributed by atoms with Gasteiger partial charge in [-0.15, -0.1) is 10.2 Å². The minimum Gasteiger partial charge on any atom is -0.481 e. The molecule has 0 aliphatic heterocycles. The summed E-state index contributed by atoms with van der Waals surface area (Å²) in [4.78, 5) is 12.5. The Bertz CT molecular complexity index is 1310. The fraction of sp³-hybridized carbons (Fsp3) is 0.125. The molecular weight excluding hydrogens is 543 g/mol. The van der Waals surface area contributed by atoms with Crippen LogP contribution in [0.15, 0.2) is 82.4 Å². The van der Waals surface area contributed by atoms with Gasteiger partial charge in [0.1, 0.15) is 11.6 Å². The number of nitrogens with zero attached hydrogens (tertiary/aromatic N) is 3. The number of halogens is 3. The highest BCUT2D eigenvalue weighted by atomic mass is 79.9. The van der Waals surface area contributed by atoms with E-state index in [1.165, 1.54) is 30.0 Å². The van der Waals surface area contributed by atoms with Crippen molar-refractivity contribution >= 4 is 50.9 Å². The minimum absolute atomic E-state index is 0.0779. The maximum atomic E-state index is 13.3. The number of amides is 1. The molecule has 0 radical (unpaired) electrons. The highest BCUT2D eigenvalue weighted by molar-refractivity contribution is 9.10. The first-order chi connectivity index (χ1) is 16.4. The predicted molar refractivity (Wildman–Crippen MR) is 135 cm³/mol. The third-order valence-electron chi connectivity index (χ3n) is 4.71. The highest BCUT2D eigenvalue weighted by Gasteiger charge is 2.22. The van der Waals surface area contributed by atoms with Gasteiger partial charge in [0.25, 0.3) is 0 Å². The van der Waals surface area contributed by atoms with Crippen LogP contribution in [0.5, 0.6) is 5.75 Å². The van der Waals surface area contributed by atoms with Gasteiger partial charge in [-0.05, 0) is 65.3 Å². The molecule has 1 N–H and O–H groups in total. The molecular formula is C24H19BrClFN4O2S. The summed E-state index contributed by atoms with van der Waals surface area (Å²) in [5, 5.41) is 12.5. The SMILES string of the molecule is CC(Oc1ccccc1Cl)c1nnc(SCC(=O)Nc2ccc(F)cc2Br)n1-c1ccccc1. The molecule has 4 rings (SSSR count). The summed E-state index contributed by atoms with van der Waals surface area (Å²) < 4.78 is 21.7. The largest absolute Gasteiger partial charge is 0.481 e. The van der Waals surface area contributed by atoms with Crippen LogP contribution < -0.4 is 10.1 Å². The normalized spacial score (nSPS) is 11.8. The van der Waals surface area contributed by atoms with Crippen LogP contribution in [0, 0.1) is 5.82 Å². The Morgan fingerprint density at radius 3 is 2.62 bits per heavy atom. The van der Waals surface area contributed by atoms with E-state index in [1.807, 2.05) is 54.0 Å². The smallest absolute Gasteiger partial charge is 0.234 e. The van der Waals surface area contributed by atoms with Crippen molar-refractivity contribution in [3.8, 4) is 11.4 Å². The standard InChI is InChI=1S/C24H19BrClFN4O2S/c1-15(33-21-10-6-5-9-19(21)26)23-29-30-24(31(23)17-7-3-2-4-8-17)34-14-22(32)28-20-12-11-16(27)13-18(20)25/h2-13,15H,14H2,1H3,(H,28,32). The van der Waals surface area contributed by atoms with Crippen LogP contribution in [0.25, 0.3) is 5.69 Å². The number of rotatable bonds is 8. The molecule has 4 aromatic rings. The van der Waals surface area contributed by atoms with Crippen LogP contribution >= 0.6 is 39.3 Å². The average molecular weight is 562 g/mol. The second kappa shape index (κ2) is 11.0. The van der Waals surface area contributed by atoms with Crippen molar-refractivity contribution in [3.05, 3.63) is 93.9 Å². The number of anilines is 1. The van der Waals surface area contributed by atoms with Crippen LogP contribution in [0.3, 0.4) is 0 Å². The van der Waals surface area contributed by atoms with Gasteiger partial charge in [0.15, 0.2) is 17.1 Å². The van der Waals surface area contributed by atoms with Gasteiger partial charge in [-0.1, -0.05) is 53.7 Å². The van der Waals surface area contributed by atoms with Crippen molar-refractivity contribution in [3.63, 3.8) is 0 Å². The molecule has 1 unspecified atom stereocenters. The summed E-state index contributed by atoms with van der Waals surface area (Å²) in [6.07, 6.45) is -0.467. The van der Waals surface area contributed by atoms with E-state index in [9.17, 15) is 9.18 Å². The Labute approximate surface area is 213 Å². The van der Waals surface area contributed by atoms with E-state index in [0.29, 0.717) is 31.9 Å². The third-order valence-corrected chi connectivity index (χ3v) is 6.61. The molecule has 0 fully saturated rings. The van der Waals surface area contributed by atoms with Crippen molar-refractivity contribution in [1.82, 2.24) is 14.8 Å². The summed E-state index contributed by atoms with van der Waals surface area (Å²) in [7, 11) is 0. The molecule has 1 aromatic heterocycles. The molecule has 0 spiro atoms. The number of benzene rings is 3. The van der Waals surface area contributed by atoms with Gasteiger partial charge < -0.3 is 10.1 Å². The molecule has 0 aliphatic carbocycles. The zero-order chi connectivity index (χ0) is 24.1. The number of hydrogen-bond acceptors (Lipinski definition) is 5. The number of carbonyl (C=O) groups excluding carboxylic acids is 1. The summed E-state index contributed by atoms with van der Waals surface area (Å²) in [5.74, 6) is 0.528. The van der Waals surface area contributed by atoms with E-state index in [4.69, 9.17) is 16.3 Å². The first kappa shape index (κ1) is 24.3. The van der Waals surface area contributed by atoms with Gasteiger partial charge in [-0.25, -0.2) is 4.39 Å². The number of nitrogens with one attached hydrogen (secondary N) is 1. The van der Waals surface area contributed by atoms with Gasteiger partial charge in [-0.3, -0.25) is 9.36 Å². The van der Waals surface area contributed by atoms with E-state index in [-0.39, 0.29) is 11.7 Å². The lowest BCUT2D eigenvalue weighted by Crippen LogP contribution is -2.15. The first-order valence-electron chi connectivity index (χ1n) is 10.2. The molecule has 174 valence electrons. The van der Waals surface area contributed by atoms with E-state index < -0.39 is 11.9 Å². The summed E-state index contributed by atoms with van der Waals surface area (Å²) >= 11 is 10.7. The van der Waals surface area contributed by atoms with Crippen molar-refractivity contribution in [2.75, 3.05) is 11.1 Å². The van der Waals surface area contributed by atoms with Crippen molar-refractivity contribution < 1.29 is 13.9 Å². The van der Waals surface area contributed by atoms with Crippen LogP contribution in [-0.4, -0.2) is 26.4 Å². The Kier molecular flexibility index (Phi) is 7.87. The van der Waals surface area contributed by atoms with Crippen molar-refractivity contribution in [2.45, 2.75) is 18.2 Å². The van der Waals surface area contributed by atoms with Crippen molar-refractivity contribution in [2.24, 2.45) is 0 Å². The van der Waals surface area contributed by atoms with Crippen molar-refractivity contribution in [1.29, 1.82) is 0 Å². The van der Waals surface area contributed by atoms with Gasteiger partial charge in [-0.2, -0.15) is 0 Å². The predicted octanol–water partition coefficient (Wildman–Crippen LogP) is 6.69. The zero-order valence-corrected chi connectivity index (χ0v) is 21.1. The van der Waals surface area contributed by atoms with E-state index in [2.05, 4.69) is 31.4 Å². The maximum absolute atomic E-state index is 13.3. The van der Waals surface area contributed by atoms with E-state index >= 15 is 0 Å². The number of hydrogen-bond donors (Lipinski definition) is 1. The highest BCUT2D eigenvalue weighted by Crippen LogP contribution is 2.31. The van der Waals surface area contributed by atoms with Gasteiger partial charge >= 0.3 is 0 Å². The molecule has 0 saturated carbocycles. The third kappa shape index (κ3) is 5.78. The molecule has 1 atom stereocenters. The Hall–Kier alpha value is -2.88. The monoisotopic (exact) mass is 560 g/mol.